The molecule has 1 radical (unpaired) electrons. The molecule has 0 fully saturated rings. The maximum atomic E-state index is 8.28. The molecule has 2 nitrogen and oxygen atoms in total. The van der Waals surface area contributed by atoms with Crippen LogP contribution < -0.4 is 4.74 Å². The monoisotopic (exact) mass is 135 g/mol. The molecule has 1 aromatic rings. The van der Waals surface area contributed by atoms with Gasteiger partial charge >= 0.3 is 7.48 Å². The Morgan fingerprint density at radius 1 is 1.30 bits per heavy atom. The van der Waals surface area contributed by atoms with Crippen molar-refractivity contribution in [2.75, 3.05) is 6.51 Å². The van der Waals surface area contributed by atoms with Gasteiger partial charge < -0.3 is 9.76 Å². The first kappa shape index (κ1) is 7.16. The van der Waals surface area contributed by atoms with Crippen LogP contribution in [0.25, 0.3) is 0 Å². The van der Waals surface area contributed by atoms with E-state index in [0.717, 1.165) is 13.2 Å². The van der Waals surface area contributed by atoms with Crippen LogP contribution >= 0.6 is 0 Å². The Bertz CT molecular complexity index is 176. The Morgan fingerprint density at radius 2 is 2.00 bits per heavy atom. The molecule has 0 heterocycles. The van der Waals surface area contributed by atoms with Crippen LogP contribution in [0.4, 0.5) is 0 Å². The van der Waals surface area contributed by atoms with E-state index in [-0.39, 0.29) is 6.51 Å². The number of hydrogen-bond acceptors (Lipinski definition) is 2. The summed E-state index contributed by atoms with van der Waals surface area (Å²) in [5, 5.41) is 8.28. The van der Waals surface area contributed by atoms with Gasteiger partial charge in [-0.05, 0) is 12.1 Å². The first-order chi connectivity index (χ1) is 4.93. The summed E-state index contributed by atoms with van der Waals surface area (Å²) in [7, 11) is 0.979. The molecule has 0 aliphatic heterocycles. The number of hydrogen-bond donors (Lipinski definition) is 1. The van der Waals surface area contributed by atoms with Gasteiger partial charge in [0.25, 0.3) is 0 Å². The van der Waals surface area contributed by atoms with Crippen molar-refractivity contribution < 1.29 is 9.76 Å². The normalized spacial score (nSPS) is 8.90. The van der Waals surface area contributed by atoms with Gasteiger partial charge in [-0.2, -0.15) is 0 Å². The molecule has 0 atom stereocenters. The van der Waals surface area contributed by atoms with Crippen LogP contribution in [0.2, 0.25) is 0 Å². The van der Waals surface area contributed by atoms with Crippen LogP contribution in [0.5, 0.6) is 5.75 Å². The molecule has 1 N–H and O–H groups in total. The molecule has 51 valence electrons. The fourth-order valence-corrected chi connectivity index (χ4v) is 0.650. The highest BCUT2D eigenvalue weighted by Gasteiger charge is 1.89. The Balaban J connectivity index is 2.43. The summed E-state index contributed by atoms with van der Waals surface area (Å²) in [6.07, 6.45) is 0. The molecule has 1 aromatic carbocycles. The smallest absolute Gasteiger partial charge is 0.331 e. The number of para-hydroxylation sites is 1. The highest BCUT2D eigenvalue weighted by Crippen LogP contribution is 2.06. The molecule has 10 heavy (non-hydrogen) atoms. The summed E-state index contributed by atoms with van der Waals surface area (Å²) in [6, 6.07) is 9.35. The van der Waals surface area contributed by atoms with E-state index in [0.29, 0.717) is 0 Å². The minimum Gasteiger partial charge on any atom is -0.499 e. The van der Waals surface area contributed by atoms with E-state index in [9.17, 15) is 0 Å². The zero-order valence-corrected chi connectivity index (χ0v) is 5.53. The van der Waals surface area contributed by atoms with E-state index in [4.69, 9.17) is 9.76 Å². The summed E-state index contributed by atoms with van der Waals surface area (Å²) in [5.74, 6) is 0.771. The largest absolute Gasteiger partial charge is 0.499 e. The lowest BCUT2D eigenvalue weighted by Crippen LogP contribution is -2.04. The average molecular weight is 135 g/mol. The van der Waals surface area contributed by atoms with E-state index >= 15 is 0 Å². The molecule has 0 spiro atoms. The van der Waals surface area contributed by atoms with Crippen LogP contribution in [0.1, 0.15) is 0 Å². The van der Waals surface area contributed by atoms with Crippen molar-refractivity contribution in [2.45, 2.75) is 0 Å². The van der Waals surface area contributed by atoms with E-state index in [2.05, 4.69) is 0 Å². The minimum atomic E-state index is 0.240. The maximum Gasteiger partial charge on any atom is 0.331 e. The van der Waals surface area contributed by atoms with Gasteiger partial charge in [-0.3, -0.25) is 0 Å². The van der Waals surface area contributed by atoms with E-state index in [1.165, 1.54) is 0 Å². The quantitative estimate of drug-likeness (QED) is 0.616. The third kappa shape index (κ3) is 2.11. The second-order valence-corrected chi connectivity index (χ2v) is 1.81. The Labute approximate surface area is 60.7 Å². The lowest BCUT2D eigenvalue weighted by Gasteiger charge is -2.00. The number of ether oxygens (including phenoxy) is 1. The first-order valence-corrected chi connectivity index (χ1v) is 3.07. The van der Waals surface area contributed by atoms with Gasteiger partial charge in [0.1, 0.15) is 5.75 Å². The first-order valence-electron chi connectivity index (χ1n) is 3.07. The SMILES string of the molecule is O[B]COc1ccccc1. The molecule has 3 heteroatoms. The zero-order chi connectivity index (χ0) is 7.23. The van der Waals surface area contributed by atoms with Crippen molar-refractivity contribution in [3.63, 3.8) is 0 Å². The van der Waals surface area contributed by atoms with Gasteiger partial charge in [-0.25, -0.2) is 0 Å². The van der Waals surface area contributed by atoms with Gasteiger partial charge in [0.2, 0.25) is 0 Å². The summed E-state index contributed by atoms with van der Waals surface area (Å²) in [5.41, 5.74) is 0. The van der Waals surface area contributed by atoms with Crippen molar-refractivity contribution >= 4 is 7.48 Å². The Morgan fingerprint density at radius 3 is 2.60 bits per heavy atom. The van der Waals surface area contributed by atoms with Gasteiger partial charge in [0.05, 0.1) is 6.51 Å². The molecule has 0 aliphatic carbocycles. The number of rotatable bonds is 3. The second-order valence-electron chi connectivity index (χ2n) is 1.81. The molecule has 0 bridgehead atoms. The maximum absolute atomic E-state index is 8.28. The van der Waals surface area contributed by atoms with Gasteiger partial charge in [-0.1, -0.05) is 18.2 Å². The predicted octanol–water partition coefficient (Wildman–Crippen LogP) is 0.634. The van der Waals surface area contributed by atoms with Gasteiger partial charge in [0, 0.05) is 0 Å². The number of benzene rings is 1. The summed E-state index contributed by atoms with van der Waals surface area (Å²) >= 11 is 0. The van der Waals surface area contributed by atoms with Crippen molar-refractivity contribution in [3.8, 4) is 5.75 Å². The average Bonchev–Trinajstić information content (AvgIpc) is 2.03. The molecule has 0 amide bonds. The molecule has 0 aromatic heterocycles. The van der Waals surface area contributed by atoms with Gasteiger partial charge in [-0.15, -0.1) is 0 Å². The van der Waals surface area contributed by atoms with Crippen LogP contribution in [0.3, 0.4) is 0 Å². The standard InChI is InChI=1S/C7H8BO2/c9-8-6-10-7-4-2-1-3-5-7/h1-5,9H,6H2. The summed E-state index contributed by atoms with van der Waals surface area (Å²) in [6.45, 7) is 0.240. The minimum absolute atomic E-state index is 0.240. The topological polar surface area (TPSA) is 29.5 Å². The lowest BCUT2D eigenvalue weighted by molar-refractivity contribution is 0.367. The van der Waals surface area contributed by atoms with Crippen LogP contribution in [0, 0.1) is 0 Å². The molecule has 0 aliphatic rings. The van der Waals surface area contributed by atoms with Crippen molar-refractivity contribution in [1.82, 2.24) is 0 Å². The molecule has 0 unspecified atom stereocenters. The Kier molecular flexibility index (Phi) is 2.83. The fourth-order valence-electron chi connectivity index (χ4n) is 0.650. The molecule has 1 rings (SSSR count). The summed E-state index contributed by atoms with van der Waals surface area (Å²) in [4.78, 5) is 0. The van der Waals surface area contributed by atoms with Crippen molar-refractivity contribution in [2.24, 2.45) is 0 Å². The van der Waals surface area contributed by atoms with E-state index in [1.807, 2.05) is 30.3 Å². The van der Waals surface area contributed by atoms with Crippen LogP contribution in [0.15, 0.2) is 30.3 Å². The zero-order valence-electron chi connectivity index (χ0n) is 5.53. The van der Waals surface area contributed by atoms with E-state index in [1.54, 1.807) is 0 Å². The third-order valence-corrected chi connectivity index (χ3v) is 1.07. The highest BCUT2D eigenvalue weighted by atomic mass is 16.5. The van der Waals surface area contributed by atoms with Crippen LogP contribution in [-0.2, 0) is 0 Å². The fraction of sp³-hybridized carbons (Fsp3) is 0.143. The lowest BCUT2D eigenvalue weighted by atomic mass is 10.1. The molecular formula is C7H8BO2. The summed E-state index contributed by atoms with van der Waals surface area (Å²) < 4.78 is 5.05. The van der Waals surface area contributed by atoms with Crippen molar-refractivity contribution in [1.29, 1.82) is 0 Å². The molecular weight excluding hydrogens is 127 g/mol. The van der Waals surface area contributed by atoms with Crippen molar-refractivity contribution in [3.05, 3.63) is 30.3 Å². The van der Waals surface area contributed by atoms with E-state index < -0.39 is 0 Å². The predicted molar refractivity (Wildman–Crippen MR) is 39.9 cm³/mol. The second kappa shape index (κ2) is 3.96. The molecule has 0 saturated carbocycles. The highest BCUT2D eigenvalue weighted by molar-refractivity contribution is 6.24. The van der Waals surface area contributed by atoms with Gasteiger partial charge in [0.15, 0.2) is 0 Å². The third-order valence-electron chi connectivity index (χ3n) is 1.07. The Hall–Kier alpha value is -0.955. The van der Waals surface area contributed by atoms with Crippen LogP contribution in [-0.4, -0.2) is 19.0 Å². The molecule has 0 saturated heterocycles.